The van der Waals surface area contributed by atoms with Crippen LogP contribution in [0.15, 0.2) is 54.9 Å². The van der Waals surface area contributed by atoms with Crippen LogP contribution in [0.5, 0.6) is 0 Å². The third-order valence-corrected chi connectivity index (χ3v) is 3.06. The van der Waals surface area contributed by atoms with Crippen LogP contribution in [0, 0.1) is 0 Å². The normalized spacial score (nSPS) is 9.91. The first-order valence-corrected chi connectivity index (χ1v) is 6.69. The van der Waals surface area contributed by atoms with Crippen molar-refractivity contribution in [1.29, 1.82) is 0 Å². The number of ether oxygens (including phenoxy) is 1. The van der Waals surface area contributed by atoms with Crippen LogP contribution in [0.25, 0.3) is 11.0 Å². The molecular formula is C16H18N4O2. The Morgan fingerprint density at radius 3 is 2.50 bits per heavy atom. The monoisotopic (exact) mass is 298 g/mol. The maximum absolute atomic E-state index is 10.9. The van der Waals surface area contributed by atoms with Gasteiger partial charge in [0.05, 0.1) is 36.7 Å². The number of anilines is 1. The van der Waals surface area contributed by atoms with Crippen LogP contribution in [0.4, 0.5) is 5.69 Å². The van der Waals surface area contributed by atoms with Crippen LogP contribution in [0.2, 0.25) is 0 Å². The Kier molecular flexibility index (Phi) is 5.11. The quantitative estimate of drug-likeness (QED) is 0.557. The number of hydrogen-bond acceptors (Lipinski definition) is 5. The lowest BCUT2D eigenvalue weighted by Crippen LogP contribution is -2.04. The molecule has 0 aliphatic rings. The van der Waals surface area contributed by atoms with E-state index in [4.69, 9.17) is 11.5 Å². The minimum atomic E-state index is -0.343. The fraction of sp³-hybridized carbons (Fsp3) is 0.125. The lowest BCUT2D eigenvalue weighted by molar-refractivity contribution is 0.0601. The number of carbonyl (C=O) groups is 1. The van der Waals surface area contributed by atoms with E-state index >= 15 is 0 Å². The Balaban J connectivity index is 0.000000160. The zero-order valence-electron chi connectivity index (χ0n) is 12.3. The summed E-state index contributed by atoms with van der Waals surface area (Å²) >= 11 is 0. The number of carbonyl (C=O) groups excluding carboxylic acids is 1. The van der Waals surface area contributed by atoms with E-state index in [1.165, 1.54) is 7.11 Å². The van der Waals surface area contributed by atoms with Gasteiger partial charge in [0.25, 0.3) is 0 Å². The molecule has 4 N–H and O–H groups in total. The van der Waals surface area contributed by atoms with Gasteiger partial charge >= 0.3 is 5.97 Å². The van der Waals surface area contributed by atoms with Crippen LogP contribution < -0.4 is 11.5 Å². The molecule has 22 heavy (non-hydrogen) atoms. The van der Waals surface area contributed by atoms with Gasteiger partial charge in [-0.25, -0.2) is 9.78 Å². The van der Waals surface area contributed by atoms with E-state index in [9.17, 15) is 4.79 Å². The SMILES string of the molecule is COC(=O)c1ccc(N)cc1.NCn1cnc2ccccc21. The fourth-order valence-electron chi connectivity index (χ4n) is 1.89. The van der Waals surface area contributed by atoms with E-state index in [0.29, 0.717) is 17.9 Å². The average molecular weight is 298 g/mol. The first-order chi connectivity index (χ1) is 10.7. The molecule has 6 heteroatoms. The second kappa shape index (κ2) is 7.24. The molecule has 0 saturated heterocycles. The van der Waals surface area contributed by atoms with Gasteiger partial charge in [-0.15, -0.1) is 0 Å². The van der Waals surface area contributed by atoms with E-state index in [0.717, 1.165) is 11.0 Å². The largest absolute Gasteiger partial charge is 0.465 e. The highest BCUT2D eigenvalue weighted by molar-refractivity contribution is 5.89. The van der Waals surface area contributed by atoms with Crippen molar-refractivity contribution in [3.05, 3.63) is 60.4 Å². The third-order valence-electron chi connectivity index (χ3n) is 3.06. The highest BCUT2D eigenvalue weighted by Crippen LogP contribution is 2.10. The Hall–Kier alpha value is -2.86. The molecule has 0 aliphatic heterocycles. The summed E-state index contributed by atoms with van der Waals surface area (Å²) in [7, 11) is 1.35. The first kappa shape index (κ1) is 15.5. The Morgan fingerprint density at radius 1 is 1.18 bits per heavy atom. The summed E-state index contributed by atoms with van der Waals surface area (Å²) in [6, 6.07) is 14.5. The molecule has 2 aromatic carbocycles. The zero-order chi connectivity index (χ0) is 15.9. The summed E-state index contributed by atoms with van der Waals surface area (Å²) in [4.78, 5) is 15.0. The van der Waals surface area contributed by atoms with Gasteiger partial charge in [-0.2, -0.15) is 0 Å². The molecule has 3 rings (SSSR count). The zero-order valence-corrected chi connectivity index (χ0v) is 12.3. The van der Waals surface area contributed by atoms with Gasteiger partial charge < -0.3 is 20.8 Å². The maximum Gasteiger partial charge on any atom is 0.337 e. The van der Waals surface area contributed by atoms with E-state index in [1.54, 1.807) is 30.6 Å². The third kappa shape index (κ3) is 3.62. The van der Waals surface area contributed by atoms with Crippen molar-refractivity contribution in [2.75, 3.05) is 12.8 Å². The number of benzene rings is 2. The van der Waals surface area contributed by atoms with E-state index in [1.807, 2.05) is 28.8 Å². The molecule has 0 spiro atoms. The summed E-state index contributed by atoms with van der Waals surface area (Å²) in [5.74, 6) is -0.343. The van der Waals surface area contributed by atoms with Crippen molar-refractivity contribution >= 4 is 22.7 Å². The molecule has 0 saturated carbocycles. The second-order valence-electron chi connectivity index (χ2n) is 4.50. The highest BCUT2D eigenvalue weighted by atomic mass is 16.5. The number of hydrogen-bond donors (Lipinski definition) is 2. The number of rotatable bonds is 2. The molecule has 0 aliphatic carbocycles. The number of esters is 1. The molecule has 0 amide bonds. The van der Waals surface area contributed by atoms with Crippen molar-refractivity contribution in [2.45, 2.75) is 6.67 Å². The number of methoxy groups -OCH3 is 1. The van der Waals surface area contributed by atoms with E-state index in [2.05, 4.69) is 9.72 Å². The number of imidazole rings is 1. The van der Waals surface area contributed by atoms with E-state index in [-0.39, 0.29) is 5.97 Å². The molecule has 0 radical (unpaired) electrons. The van der Waals surface area contributed by atoms with Gasteiger partial charge in [0.1, 0.15) is 0 Å². The molecule has 6 nitrogen and oxygen atoms in total. The van der Waals surface area contributed by atoms with Crippen LogP contribution in [-0.4, -0.2) is 22.6 Å². The Labute approximate surface area is 128 Å². The van der Waals surface area contributed by atoms with Crippen LogP contribution in [0.1, 0.15) is 10.4 Å². The summed E-state index contributed by atoms with van der Waals surface area (Å²) in [6.45, 7) is 0.487. The molecule has 3 aromatic rings. The predicted octanol–water partition coefficient (Wildman–Crippen LogP) is 2.01. The number of fused-ring (bicyclic) bond motifs is 1. The number of aromatic nitrogens is 2. The van der Waals surface area contributed by atoms with Crippen LogP contribution >= 0.6 is 0 Å². The fourth-order valence-corrected chi connectivity index (χ4v) is 1.89. The van der Waals surface area contributed by atoms with Crippen molar-refractivity contribution in [2.24, 2.45) is 5.73 Å². The smallest absolute Gasteiger partial charge is 0.337 e. The lowest BCUT2D eigenvalue weighted by Gasteiger charge is -1.97. The summed E-state index contributed by atoms with van der Waals surface area (Å²) in [6.07, 6.45) is 1.75. The first-order valence-electron chi connectivity index (χ1n) is 6.69. The van der Waals surface area contributed by atoms with Crippen molar-refractivity contribution in [1.82, 2.24) is 9.55 Å². The molecule has 114 valence electrons. The van der Waals surface area contributed by atoms with Gasteiger partial charge in [-0.3, -0.25) is 0 Å². The molecule has 1 aromatic heterocycles. The number of para-hydroxylation sites is 2. The summed E-state index contributed by atoms with van der Waals surface area (Å²) in [5, 5.41) is 0. The van der Waals surface area contributed by atoms with Crippen LogP contribution in [0.3, 0.4) is 0 Å². The molecular weight excluding hydrogens is 280 g/mol. The molecule has 0 fully saturated rings. The molecule has 1 heterocycles. The Bertz CT molecular complexity index is 750. The maximum atomic E-state index is 10.9. The molecule has 0 bridgehead atoms. The van der Waals surface area contributed by atoms with Gasteiger partial charge in [0, 0.05) is 5.69 Å². The number of nitrogens with zero attached hydrogens (tertiary/aromatic N) is 2. The number of nitrogens with two attached hydrogens (primary N) is 2. The Morgan fingerprint density at radius 2 is 1.86 bits per heavy atom. The molecule has 0 atom stereocenters. The van der Waals surface area contributed by atoms with Gasteiger partial charge in [0.15, 0.2) is 0 Å². The van der Waals surface area contributed by atoms with E-state index < -0.39 is 0 Å². The lowest BCUT2D eigenvalue weighted by atomic mass is 10.2. The summed E-state index contributed by atoms with van der Waals surface area (Å²) in [5.41, 5.74) is 14.1. The standard InChI is InChI=1S/C8H9N3.C8H9NO2/c9-5-11-6-10-7-3-1-2-4-8(7)11;1-11-8(10)6-2-4-7(9)5-3-6/h1-4,6H,5,9H2;2-5H,9H2,1H3. The predicted molar refractivity (Wildman–Crippen MR) is 86.1 cm³/mol. The van der Waals surface area contributed by atoms with Gasteiger partial charge in [-0.1, -0.05) is 12.1 Å². The van der Waals surface area contributed by atoms with Crippen molar-refractivity contribution in [3.63, 3.8) is 0 Å². The second-order valence-corrected chi connectivity index (χ2v) is 4.50. The van der Waals surface area contributed by atoms with Gasteiger partial charge in [0.2, 0.25) is 0 Å². The van der Waals surface area contributed by atoms with Crippen molar-refractivity contribution in [3.8, 4) is 0 Å². The molecule has 0 unspecified atom stereocenters. The topological polar surface area (TPSA) is 96.2 Å². The van der Waals surface area contributed by atoms with Crippen molar-refractivity contribution < 1.29 is 9.53 Å². The summed E-state index contributed by atoms with van der Waals surface area (Å²) < 4.78 is 6.41. The number of nitrogen functional groups attached to an aromatic ring is 1. The minimum Gasteiger partial charge on any atom is -0.465 e. The average Bonchev–Trinajstić information content (AvgIpc) is 2.98. The minimum absolute atomic E-state index is 0.343. The van der Waals surface area contributed by atoms with Crippen LogP contribution in [-0.2, 0) is 11.4 Å². The highest BCUT2D eigenvalue weighted by Gasteiger charge is 2.02. The van der Waals surface area contributed by atoms with Gasteiger partial charge in [-0.05, 0) is 36.4 Å².